The summed E-state index contributed by atoms with van der Waals surface area (Å²) in [5, 5.41) is 0. The standard InChI is InChI=1S/C7H5N2.C2F3O.C2H3O/c1-2-4-7-6(3-1)8-5-9-7;3-2(4,5)1-6;1-2-3/h1-4H,(H,8,9);;1H3. The van der Waals surface area contributed by atoms with E-state index in [4.69, 9.17) is 9.59 Å². The molecule has 0 atom stereocenters. The topological polar surface area (TPSA) is 62.8 Å². The van der Waals surface area contributed by atoms with E-state index < -0.39 is 6.18 Å². The molecule has 0 amide bonds. The van der Waals surface area contributed by atoms with Crippen LogP contribution in [0, 0.1) is 6.33 Å². The third-order valence-electron chi connectivity index (χ3n) is 1.39. The van der Waals surface area contributed by atoms with E-state index in [-0.39, 0.29) is 6.29 Å². The summed E-state index contributed by atoms with van der Waals surface area (Å²) in [6.07, 6.45) is -0.747. The lowest BCUT2D eigenvalue weighted by atomic mass is 10.3. The van der Waals surface area contributed by atoms with E-state index >= 15 is 0 Å². The maximum Gasteiger partial charge on any atom is 0.458 e. The van der Waals surface area contributed by atoms with Crippen LogP contribution in [0.2, 0.25) is 0 Å². The van der Waals surface area contributed by atoms with Gasteiger partial charge in [0.25, 0.3) is 0 Å². The first-order valence-electron chi connectivity index (χ1n) is 4.50. The molecule has 0 aliphatic heterocycles. The van der Waals surface area contributed by atoms with Gasteiger partial charge in [0.2, 0.25) is 0 Å². The Labute approximate surface area is 101 Å². The van der Waals surface area contributed by atoms with E-state index in [0.29, 0.717) is 0 Å². The van der Waals surface area contributed by atoms with Gasteiger partial charge in [-0.05, 0) is 12.1 Å². The molecule has 0 saturated carbocycles. The Morgan fingerprint density at radius 1 is 1.28 bits per heavy atom. The van der Waals surface area contributed by atoms with E-state index in [1.165, 1.54) is 13.2 Å². The van der Waals surface area contributed by atoms with Crippen molar-refractivity contribution >= 4 is 23.6 Å². The number of hydrogen-bond donors (Lipinski definition) is 1. The van der Waals surface area contributed by atoms with Crippen LogP contribution in [0.1, 0.15) is 6.92 Å². The first-order valence-corrected chi connectivity index (χ1v) is 4.50. The quantitative estimate of drug-likeness (QED) is 0.786. The molecule has 3 radical (unpaired) electrons. The second kappa shape index (κ2) is 7.99. The zero-order valence-electron chi connectivity index (χ0n) is 9.21. The molecule has 2 rings (SSSR count). The van der Waals surface area contributed by atoms with Gasteiger partial charge in [0.15, 0.2) is 12.6 Å². The minimum absolute atomic E-state index is 0.146. The lowest BCUT2D eigenvalue weighted by molar-refractivity contribution is -0.0600. The number of hydrogen-bond acceptors (Lipinski definition) is 3. The largest absolute Gasteiger partial charge is 0.458 e. The van der Waals surface area contributed by atoms with Crippen LogP contribution in [0.15, 0.2) is 24.3 Å². The second-order valence-corrected chi connectivity index (χ2v) is 2.67. The van der Waals surface area contributed by atoms with Crippen LogP contribution in [0.3, 0.4) is 0 Å². The van der Waals surface area contributed by atoms with Gasteiger partial charge in [-0.25, -0.2) is 4.98 Å². The zero-order valence-corrected chi connectivity index (χ0v) is 9.21. The van der Waals surface area contributed by atoms with Gasteiger partial charge in [-0.3, -0.25) is 9.59 Å². The number of halogens is 3. The molecule has 1 N–H and O–H groups in total. The molecule has 95 valence electrons. The highest BCUT2D eigenvalue weighted by Crippen LogP contribution is 2.08. The number of nitrogens with one attached hydrogen (secondary N) is 1. The molecule has 4 nitrogen and oxygen atoms in total. The maximum atomic E-state index is 10.4. The lowest BCUT2D eigenvalue weighted by Crippen LogP contribution is -2.06. The number of imidazole rings is 1. The summed E-state index contributed by atoms with van der Waals surface area (Å²) in [5.41, 5.74) is 2.01. The summed E-state index contributed by atoms with van der Waals surface area (Å²) in [6.45, 7) is 1.32. The fourth-order valence-corrected chi connectivity index (χ4v) is 0.825. The summed E-state index contributed by atoms with van der Waals surface area (Å²) >= 11 is 0. The Kier molecular flexibility index (Phi) is 7.02. The molecule has 18 heavy (non-hydrogen) atoms. The van der Waals surface area contributed by atoms with E-state index in [1.807, 2.05) is 24.3 Å². The number of aromatic nitrogens is 2. The molecule has 1 heterocycles. The van der Waals surface area contributed by atoms with E-state index in [0.717, 1.165) is 11.0 Å². The van der Waals surface area contributed by atoms with Crippen molar-refractivity contribution in [2.75, 3.05) is 0 Å². The van der Waals surface area contributed by atoms with Gasteiger partial charge >= 0.3 is 12.5 Å². The van der Waals surface area contributed by atoms with Crippen molar-refractivity contribution in [3.8, 4) is 0 Å². The van der Waals surface area contributed by atoms with Crippen molar-refractivity contribution < 1.29 is 22.8 Å². The molecule has 0 fully saturated rings. The van der Waals surface area contributed by atoms with Crippen LogP contribution in [0.25, 0.3) is 11.0 Å². The van der Waals surface area contributed by atoms with Gasteiger partial charge in [0.05, 0.1) is 11.0 Å². The molecule has 0 aliphatic carbocycles. The SMILES string of the molecule is C[C]=O.O=[C]C(F)(F)F.[c]1nc2ccccc2[nH]1. The summed E-state index contributed by atoms with van der Waals surface area (Å²) < 4.78 is 31.1. The number of alkyl halides is 3. The number of nitrogens with zero attached hydrogens (tertiary/aromatic N) is 1. The summed E-state index contributed by atoms with van der Waals surface area (Å²) in [5.74, 6) is 0. The van der Waals surface area contributed by atoms with Crippen molar-refractivity contribution in [2.24, 2.45) is 0 Å². The fraction of sp³-hybridized carbons (Fsp3) is 0.182. The van der Waals surface area contributed by atoms with Crippen LogP contribution in [0.4, 0.5) is 13.2 Å². The number of fused-ring (bicyclic) bond motifs is 1. The third-order valence-corrected chi connectivity index (χ3v) is 1.39. The van der Waals surface area contributed by atoms with E-state index in [9.17, 15) is 13.2 Å². The molecular weight excluding hydrogens is 249 g/mol. The third kappa shape index (κ3) is 7.15. The molecule has 7 heteroatoms. The lowest BCUT2D eigenvalue weighted by Gasteiger charge is -1.85. The Balaban J connectivity index is 0.000000282. The minimum atomic E-state index is -4.76. The molecule has 0 aliphatic rings. The molecule has 0 bridgehead atoms. The van der Waals surface area contributed by atoms with Crippen LogP contribution in [-0.4, -0.2) is 28.7 Å². The monoisotopic (exact) mass is 257 g/mol. The number of H-pyrrole nitrogens is 1. The molecule has 1 aromatic heterocycles. The molecule has 0 unspecified atom stereocenters. The van der Waals surface area contributed by atoms with Crippen LogP contribution >= 0.6 is 0 Å². The van der Waals surface area contributed by atoms with E-state index in [1.54, 1.807) is 0 Å². The van der Waals surface area contributed by atoms with E-state index in [2.05, 4.69) is 16.3 Å². The molecular formula is C11H8F3N2O2. The number of carbonyl (C=O) groups excluding carboxylic acids is 2. The van der Waals surface area contributed by atoms with Gasteiger partial charge in [-0.2, -0.15) is 13.2 Å². The van der Waals surface area contributed by atoms with Crippen molar-refractivity contribution in [2.45, 2.75) is 13.1 Å². The smallest absolute Gasteiger partial charge is 0.335 e. The van der Waals surface area contributed by atoms with Gasteiger partial charge < -0.3 is 4.98 Å². The first-order chi connectivity index (χ1) is 8.44. The van der Waals surface area contributed by atoms with Crippen LogP contribution in [0.5, 0.6) is 0 Å². The van der Waals surface area contributed by atoms with Crippen LogP contribution < -0.4 is 0 Å². The van der Waals surface area contributed by atoms with Crippen LogP contribution in [-0.2, 0) is 9.59 Å². The molecule has 1 aromatic carbocycles. The number of rotatable bonds is 0. The molecule has 0 spiro atoms. The summed E-state index contributed by atoms with van der Waals surface area (Å²) in [6, 6.07) is 7.84. The first kappa shape index (κ1) is 15.8. The Morgan fingerprint density at radius 3 is 2.22 bits per heavy atom. The van der Waals surface area contributed by atoms with Crippen molar-refractivity contribution in [3.05, 3.63) is 30.6 Å². The highest BCUT2D eigenvalue weighted by Gasteiger charge is 2.27. The Bertz CT molecular complexity index is 450. The van der Waals surface area contributed by atoms with Crippen molar-refractivity contribution in [3.63, 3.8) is 0 Å². The number of aromatic amines is 1. The minimum Gasteiger partial charge on any atom is -0.335 e. The van der Waals surface area contributed by atoms with Gasteiger partial charge in [0, 0.05) is 6.92 Å². The predicted molar refractivity (Wildman–Crippen MR) is 58.0 cm³/mol. The second-order valence-electron chi connectivity index (χ2n) is 2.67. The van der Waals surface area contributed by atoms with Gasteiger partial charge in [-0.15, -0.1) is 0 Å². The Morgan fingerprint density at radius 2 is 1.78 bits per heavy atom. The summed E-state index contributed by atoms with van der Waals surface area (Å²) in [7, 11) is 0. The summed E-state index contributed by atoms with van der Waals surface area (Å²) in [4.78, 5) is 24.1. The zero-order chi connectivity index (χ0) is 14.0. The number of para-hydroxylation sites is 2. The highest BCUT2D eigenvalue weighted by atomic mass is 19.4. The molecule has 2 aromatic rings. The van der Waals surface area contributed by atoms with Gasteiger partial charge in [0.1, 0.15) is 0 Å². The maximum absolute atomic E-state index is 10.4. The highest BCUT2D eigenvalue weighted by molar-refractivity contribution is 5.73. The fourth-order valence-electron chi connectivity index (χ4n) is 0.825. The van der Waals surface area contributed by atoms with Gasteiger partial charge in [-0.1, -0.05) is 12.1 Å². The van der Waals surface area contributed by atoms with Crippen molar-refractivity contribution in [1.29, 1.82) is 0 Å². The number of benzene rings is 1. The average Bonchev–Trinajstić information content (AvgIpc) is 2.78. The van der Waals surface area contributed by atoms with Crippen molar-refractivity contribution in [1.82, 2.24) is 9.97 Å². The average molecular weight is 257 g/mol. The Hall–Kier alpha value is -2.18. The molecule has 0 saturated heterocycles. The normalized spacial score (nSPS) is 9.56. The predicted octanol–water partition coefficient (Wildman–Crippen LogP) is 2.14.